The van der Waals surface area contributed by atoms with Crippen molar-refractivity contribution in [3.63, 3.8) is 0 Å². The van der Waals surface area contributed by atoms with Crippen molar-refractivity contribution in [2.75, 3.05) is 0 Å². The van der Waals surface area contributed by atoms with Crippen LogP contribution in [0.25, 0.3) is 10.4 Å². The molecule has 0 fully saturated rings. The van der Waals surface area contributed by atoms with Crippen molar-refractivity contribution < 1.29 is 4.79 Å². The van der Waals surface area contributed by atoms with Gasteiger partial charge in [-0.2, -0.15) is 0 Å². The zero-order chi connectivity index (χ0) is 7.49. The first-order valence-electron chi connectivity index (χ1n) is 2.37. The lowest BCUT2D eigenvalue weighted by molar-refractivity contribution is -0.121. The highest BCUT2D eigenvalue weighted by atomic mass is 16.1. The number of nitrogens with two attached hydrogens (primary N) is 1. The Bertz CT molecular complexity index is 163. The summed E-state index contributed by atoms with van der Waals surface area (Å²) in [6.45, 7) is 2.91. The van der Waals surface area contributed by atoms with Crippen LogP contribution in [-0.4, -0.2) is 11.4 Å². The summed E-state index contributed by atoms with van der Waals surface area (Å²) in [5, 5.41) is 3.16. The standard InChI is InChI=1S/C4H8N4O/c1-4(2,3(5)9)7-8-6/h1-2H3,(H2,5,9). The van der Waals surface area contributed by atoms with Crippen LogP contribution in [0.5, 0.6) is 0 Å². The number of carbonyl (C=O) groups is 1. The molecule has 0 aromatic rings. The topological polar surface area (TPSA) is 91.8 Å². The maximum Gasteiger partial charge on any atom is 0.228 e. The average Bonchev–Trinajstić information content (AvgIpc) is 1.65. The van der Waals surface area contributed by atoms with Gasteiger partial charge in [-0.25, -0.2) is 0 Å². The summed E-state index contributed by atoms with van der Waals surface area (Å²) in [5.74, 6) is -0.625. The van der Waals surface area contributed by atoms with Crippen molar-refractivity contribution >= 4 is 5.91 Å². The highest BCUT2D eigenvalue weighted by Crippen LogP contribution is 2.06. The zero-order valence-corrected chi connectivity index (χ0v) is 5.33. The van der Waals surface area contributed by atoms with E-state index in [0.29, 0.717) is 0 Å². The van der Waals surface area contributed by atoms with Crippen molar-refractivity contribution in [2.45, 2.75) is 19.4 Å². The lowest BCUT2D eigenvalue weighted by atomic mass is 10.1. The minimum absolute atomic E-state index is 0.625. The van der Waals surface area contributed by atoms with Gasteiger partial charge >= 0.3 is 0 Å². The van der Waals surface area contributed by atoms with Gasteiger partial charge in [0.15, 0.2) is 0 Å². The van der Waals surface area contributed by atoms with Crippen molar-refractivity contribution in [3.05, 3.63) is 10.4 Å². The number of azide groups is 1. The number of primary amides is 1. The fraction of sp³-hybridized carbons (Fsp3) is 0.750. The highest BCUT2D eigenvalue weighted by Gasteiger charge is 2.22. The second-order valence-electron chi connectivity index (χ2n) is 2.11. The molecule has 0 heterocycles. The van der Waals surface area contributed by atoms with Gasteiger partial charge in [0, 0.05) is 4.91 Å². The molecule has 2 N–H and O–H groups in total. The lowest BCUT2D eigenvalue weighted by Gasteiger charge is -2.10. The Kier molecular flexibility index (Phi) is 2.05. The van der Waals surface area contributed by atoms with Gasteiger partial charge in [0.2, 0.25) is 5.91 Å². The van der Waals surface area contributed by atoms with E-state index in [0.717, 1.165) is 0 Å². The molecular weight excluding hydrogens is 120 g/mol. The van der Waals surface area contributed by atoms with Crippen LogP contribution in [0.3, 0.4) is 0 Å². The Labute approximate surface area is 52.5 Å². The molecule has 0 aliphatic carbocycles. The number of carbonyl (C=O) groups excluding carboxylic acids is 1. The smallest absolute Gasteiger partial charge is 0.228 e. The van der Waals surface area contributed by atoms with Crippen LogP contribution in [0.1, 0.15) is 13.8 Å². The van der Waals surface area contributed by atoms with Gasteiger partial charge in [0.05, 0.1) is 0 Å². The van der Waals surface area contributed by atoms with Gasteiger partial charge in [-0.05, 0) is 19.4 Å². The molecule has 0 saturated heterocycles. The Balaban J connectivity index is 4.37. The molecular formula is C4H8N4O. The van der Waals surface area contributed by atoms with E-state index in [1.807, 2.05) is 0 Å². The predicted octanol–water partition coefficient (Wildman–Crippen LogP) is 0.561. The van der Waals surface area contributed by atoms with E-state index in [2.05, 4.69) is 10.0 Å². The van der Waals surface area contributed by atoms with Gasteiger partial charge in [0.1, 0.15) is 5.54 Å². The highest BCUT2D eigenvalue weighted by molar-refractivity contribution is 5.83. The Hall–Kier alpha value is -1.22. The molecule has 0 bridgehead atoms. The number of hydrogen-bond acceptors (Lipinski definition) is 2. The maximum absolute atomic E-state index is 10.4. The van der Waals surface area contributed by atoms with E-state index >= 15 is 0 Å². The Morgan fingerprint density at radius 1 is 1.78 bits per heavy atom. The van der Waals surface area contributed by atoms with Crippen LogP contribution >= 0.6 is 0 Å². The quantitative estimate of drug-likeness (QED) is 0.328. The molecule has 50 valence electrons. The fourth-order valence-electron chi connectivity index (χ4n) is 0.161. The van der Waals surface area contributed by atoms with E-state index in [4.69, 9.17) is 11.3 Å². The molecule has 0 aliphatic heterocycles. The van der Waals surface area contributed by atoms with E-state index in [-0.39, 0.29) is 0 Å². The molecule has 0 aliphatic rings. The van der Waals surface area contributed by atoms with E-state index in [1.165, 1.54) is 13.8 Å². The van der Waals surface area contributed by atoms with E-state index in [9.17, 15) is 4.79 Å². The molecule has 0 unspecified atom stereocenters. The van der Waals surface area contributed by atoms with Crippen LogP contribution in [-0.2, 0) is 4.79 Å². The largest absolute Gasteiger partial charge is 0.369 e. The summed E-state index contributed by atoms with van der Waals surface area (Å²) in [6, 6.07) is 0. The summed E-state index contributed by atoms with van der Waals surface area (Å²) in [4.78, 5) is 12.8. The van der Waals surface area contributed by atoms with E-state index < -0.39 is 11.4 Å². The first-order valence-corrected chi connectivity index (χ1v) is 2.37. The molecule has 0 saturated carbocycles. The second kappa shape index (κ2) is 2.37. The third-order valence-corrected chi connectivity index (χ3v) is 0.898. The van der Waals surface area contributed by atoms with E-state index in [1.54, 1.807) is 0 Å². The third-order valence-electron chi connectivity index (χ3n) is 0.898. The normalized spacial score (nSPS) is 10.0. The van der Waals surface area contributed by atoms with Crippen LogP contribution in [0.4, 0.5) is 0 Å². The SMILES string of the molecule is CC(C)(N=[N+]=[N-])C(N)=O. The molecule has 0 spiro atoms. The molecule has 9 heavy (non-hydrogen) atoms. The third kappa shape index (κ3) is 2.01. The Morgan fingerprint density at radius 2 is 2.22 bits per heavy atom. The van der Waals surface area contributed by atoms with Crippen molar-refractivity contribution in [2.24, 2.45) is 10.8 Å². The van der Waals surface area contributed by atoms with Crippen molar-refractivity contribution in [1.29, 1.82) is 0 Å². The molecule has 0 atom stereocenters. The van der Waals surface area contributed by atoms with Crippen LogP contribution in [0.15, 0.2) is 5.11 Å². The molecule has 0 aromatic heterocycles. The second-order valence-corrected chi connectivity index (χ2v) is 2.11. The average molecular weight is 128 g/mol. The molecule has 5 nitrogen and oxygen atoms in total. The summed E-state index contributed by atoms with van der Waals surface area (Å²) in [7, 11) is 0. The lowest BCUT2D eigenvalue weighted by Crippen LogP contribution is -2.35. The van der Waals surface area contributed by atoms with Gasteiger partial charge in [-0.3, -0.25) is 4.79 Å². The van der Waals surface area contributed by atoms with Gasteiger partial charge in [-0.15, -0.1) is 0 Å². The van der Waals surface area contributed by atoms with Gasteiger partial charge in [-0.1, -0.05) is 5.11 Å². The van der Waals surface area contributed by atoms with Gasteiger partial charge in [0.25, 0.3) is 0 Å². The molecule has 0 radical (unpaired) electrons. The van der Waals surface area contributed by atoms with Crippen LogP contribution < -0.4 is 5.73 Å². The number of rotatable bonds is 2. The summed E-state index contributed by atoms with van der Waals surface area (Å²) >= 11 is 0. The Morgan fingerprint density at radius 3 is 2.33 bits per heavy atom. The molecule has 1 amide bonds. The zero-order valence-electron chi connectivity index (χ0n) is 5.33. The summed E-state index contributed by atoms with van der Waals surface area (Å²) < 4.78 is 0. The van der Waals surface area contributed by atoms with Crippen LogP contribution in [0, 0.1) is 0 Å². The monoisotopic (exact) mass is 128 g/mol. The maximum atomic E-state index is 10.4. The van der Waals surface area contributed by atoms with Crippen molar-refractivity contribution in [1.82, 2.24) is 0 Å². The minimum Gasteiger partial charge on any atom is -0.369 e. The molecule has 5 heteroatoms. The fourth-order valence-corrected chi connectivity index (χ4v) is 0.161. The number of amides is 1. The van der Waals surface area contributed by atoms with Gasteiger partial charge < -0.3 is 5.73 Å². The summed E-state index contributed by atoms with van der Waals surface area (Å²) in [5.41, 5.74) is 11.7. The molecule has 0 rings (SSSR count). The number of nitrogens with zero attached hydrogens (tertiary/aromatic N) is 3. The molecule has 0 aromatic carbocycles. The minimum atomic E-state index is -1.10. The van der Waals surface area contributed by atoms with Crippen LogP contribution in [0.2, 0.25) is 0 Å². The van der Waals surface area contributed by atoms with Crippen molar-refractivity contribution in [3.8, 4) is 0 Å². The summed E-state index contributed by atoms with van der Waals surface area (Å²) in [6.07, 6.45) is 0. The number of hydrogen-bond donors (Lipinski definition) is 1. The predicted molar refractivity (Wildman–Crippen MR) is 32.4 cm³/mol. The first-order chi connectivity index (χ1) is 4.00. The first kappa shape index (κ1) is 7.78.